The van der Waals surface area contributed by atoms with Gasteiger partial charge in [0.1, 0.15) is 29.4 Å². The van der Waals surface area contributed by atoms with Crippen LogP contribution in [0.3, 0.4) is 0 Å². The summed E-state index contributed by atoms with van der Waals surface area (Å²) in [5.74, 6) is 1.02. The topological polar surface area (TPSA) is 68.0 Å². The fraction of sp³-hybridized carbons (Fsp3) is 0.174. The van der Waals surface area contributed by atoms with Crippen LogP contribution in [0.5, 0.6) is 11.5 Å². The van der Waals surface area contributed by atoms with E-state index in [0.29, 0.717) is 32.8 Å². The fourth-order valence-electron chi connectivity index (χ4n) is 3.47. The summed E-state index contributed by atoms with van der Waals surface area (Å²) in [6.07, 6.45) is 7.62. The predicted octanol–water partition coefficient (Wildman–Crippen LogP) is 5.40. The van der Waals surface area contributed by atoms with Gasteiger partial charge in [0.25, 0.3) is 0 Å². The molecule has 0 atom stereocenters. The van der Waals surface area contributed by atoms with Crippen molar-refractivity contribution in [1.29, 1.82) is 5.26 Å². The Morgan fingerprint density at radius 1 is 1.13 bits per heavy atom. The molecule has 3 aromatic rings. The smallest absolute Gasteiger partial charge is 0.150 e. The lowest BCUT2D eigenvalue weighted by atomic mass is 10.1. The van der Waals surface area contributed by atoms with Gasteiger partial charge in [0.15, 0.2) is 0 Å². The largest absolute Gasteiger partial charge is 0.495 e. The van der Waals surface area contributed by atoms with Crippen LogP contribution < -0.4 is 9.47 Å². The maximum atomic E-state index is 9.83. The summed E-state index contributed by atoms with van der Waals surface area (Å²) in [5.41, 5.74) is 3.72. The Hall–Kier alpha value is -3.07. The number of halogens is 2. The minimum absolute atomic E-state index is 0.0527. The molecular weight excluding hydrogens is 421 g/mol. The molecular formula is C23H17Cl2N3O2. The highest BCUT2D eigenvalue weighted by Gasteiger charge is 2.25. The summed E-state index contributed by atoms with van der Waals surface area (Å²) in [5, 5.41) is 10.5. The SMILES string of the molecule is COc1cnc(/C(C#N)=C/c2c(Cl)cncc2Cl)c(OC2Cc3ccccc3C2)c1. The van der Waals surface area contributed by atoms with E-state index < -0.39 is 0 Å². The molecule has 0 N–H and O–H groups in total. The number of rotatable bonds is 5. The van der Waals surface area contributed by atoms with Gasteiger partial charge < -0.3 is 9.47 Å². The molecule has 0 saturated carbocycles. The van der Waals surface area contributed by atoms with Crippen LogP contribution in [0.2, 0.25) is 10.0 Å². The van der Waals surface area contributed by atoms with Crippen LogP contribution in [-0.2, 0) is 12.8 Å². The van der Waals surface area contributed by atoms with Crippen LogP contribution in [0.1, 0.15) is 22.4 Å². The van der Waals surface area contributed by atoms with Crippen LogP contribution in [0.15, 0.2) is 48.9 Å². The van der Waals surface area contributed by atoms with Crippen molar-refractivity contribution in [3.8, 4) is 17.6 Å². The number of methoxy groups -OCH3 is 1. The Morgan fingerprint density at radius 2 is 1.80 bits per heavy atom. The molecule has 0 unspecified atom stereocenters. The molecule has 0 saturated heterocycles. The van der Waals surface area contributed by atoms with E-state index in [0.717, 1.165) is 12.8 Å². The Bertz CT molecular complexity index is 1130. The van der Waals surface area contributed by atoms with Gasteiger partial charge >= 0.3 is 0 Å². The van der Waals surface area contributed by atoms with Gasteiger partial charge in [-0.05, 0) is 17.2 Å². The predicted molar refractivity (Wildman–Crippen MR) is 117 cm³/mol. The first kappa shape index (κ1) is 20.2. The van der Waals surface area contributed by atoms with E-state index >= 15 is 0 Å². The molecule has 2 aromatic heterocycles. The third-order valence-corrected chi connectivity index (χ3v) is 5.53. The normalized spacial score (nSPS) is 13.6. The second-order valence-electron chi connectivity index (χ2n) is 6.83. The van der Waals surface area contributed by atoms with E-state index in [1.54, 1.807) is 25.4 Å². The van der Waals surface area contributed by atoms with Crippen LogP contribution in [0.25, 0.3) is 11.6 Å². The molecule has 5 nitrogen and oxygen atoms in total. The molecule has 0 fully saturated rings. The molecule has 0 amide bonds. The molecule has 0 radical (unpaired) electrons. The minimum Gasteiger partial charge on any atom is -0.495 e. The molecule has 7 heteroatoms. The highest BCUT2D eigenvalue weighted by Crippen LogP contribution is 2.34. The average Bonchev–Trinajstić information content (AvgIpc) is 3.16. The number of nitriles is 1. The van der Waals surface area contributed by atoms with E-state index in [2.05, 4.69) is 28.2 Å². The fourth-order valence-corrected chi connectivity index (χ4v) is 3.94. The summed E-state index contributed by atoms with van der Waals surface area (Å²) in [4.78, 5) is 8.37. The van der Waals surface area contributed by atoms with E-state index in [1.165, 1.54) is 23.5 Å². The standard InChI is InChI=1S/C23H17Cl2N3O2/c1-29-18-9-22(30-17-6-14-4-2-3-5-15(14)7-17)23(28-11-18)16(10-26)8-19-20(24)12-27-13-21(19)25/h2-5,8-9,11-13,17H,6-7H2,1H3/b16-8+. The number of nitrogens with zero attached hydrogens (tertiary/aromatic N) is 3. The van der Waals surface area contributed by atoms with Crippen molar-refractivity contribution in [2.45, 2.75) is 18.9 Å². The number of ether oxygens (including phenoxy) is 2. The molecule has 0 bridgehead atoms. The summed E-state index contributed by atoms with van der Waals surface area (Å²) >= 11 is 12.4. The molecule has 1 aromatic carbocycles. The first-order valence-electron chi connectivity index (χ1n) is 9.27. The molecule has 2 heterocycles. The van der Waals surface area contributed by atoms with Gasteiger partial charge in [-0.25, -0.2) is 4.98 Å². The summed E-state index contributed by atoms with van der Waals surface area (Å²) in [6.45, 7) is 0. The van der Waals surface area contributed by atoms with Crippen molar-refractivity contribution >= 4 is 34.9 Å². The second kappa shape index (κ2) is 8.74. The van der Waals surface area contributed by atoms with Gasteiger partial charge in [-0.2, -0.15) is 5.26 Å². The van der Waals surface area contributed by atoms with E-state index in [9.17, 15) is 5.26 Å². The van der Waals surface area contributed by atoms with Crippen molar-refractivity contribution in [3.05, 3.63) is 81.4 Å². The average molecular weight is 438 g/mol. The first-order valence-corrected chi connectivity index (χ1v) is 10.0. The highest BCUT2D eigenvalue weighted by atomic mass is 35.5. The van der Waals surface area contributed by atoms with Gasteiger partial charge in [0.2, 0.25) is 0 Å². The van der Waals surface area contributed by atoms with Crippen molar-refractivity contribution in [1.82, 2.24) is 9.97 Å². The lowest BCUT2D eigenvalue weighted by molar-refractivity contribution is 0.211. The van der Waals surface area contributed by atoms with Gasteiger partial charge in [-0.3, -0.25) is 4.98 Å². The minimum atomic E-state index is -0.0527. The molecule has 4 rings (SSSR count). The van der Waals surface area contributed by atoms with Gasteiger partial charge in [-0.1, -0.05) is 47.5 Å². The number of aromatic nitrogens is 2. The number of hydrogen-bond donors (Lipinski definition) is 0. The second-order valence-corrected chi connectivity index (χ2v) is 7.64. The zero-order valence-electron chi connectivity index (χ0n) is 16.1. The van der Waals surface area contributed by atoms with E-state index in [-0.39, 0.29) is 11.7 Å². The van der Waals surface area contributed by atoms with Gasteiger partial charge in [0, 0.05) is 36.9 Å². The van der Waals surface area contributed by atoms with E-state index in [1.807, 2.05) is 12.1 Å². The number of fused-ring (bicyclic) bond motifs is 1. The summed E-state index contributed by atoms with van der Waals surface area (Å²) in [7, 11) is 1.56. The zero-order valence-corrected chi connectivity index (χ0v) is 17.6. The molecule has 0 aliphatic heterocycles. The zero-order chi connectivity index (χ0) is 21.1. The Balaban J connectivity index is 1.71. The highest BCUT2D eigenvalue weighted by molar-refractivity contribution is 6.37. The summed E-state index contributed by atoms with van der Waals surface area (Å²) in [6, 6.07) is 12.2. The molecule has 1 aliphatic rings. The van der Waals surface area contributed by atoms with Crippen molar-refractivity contribution in [2.75, 3.05) is 7.11 Å². The molecule has 1 aliphatic carbocycles. The van der Waals surface area contributed by atoms with Crippen LogP contribution in [0.4, 0.5) is 0 Å². The third-order valence-electron chi connectivity index (χ3n) is 4.93. The van der Waals surface area contributed by atoms with E-state index in [4.69, 9.17) is 32.7 Å². The lowest BCUT2D eigenvalue weighted by Crippen LogP contribution is -2.17. The maximum Gasteiger partial charge on any atom is 0.150 e. The maximum absolute atomic E-state index is 9.83. The van der Waals surface area contributed by atoms with Crippen LogP contribution in [-0.4, -0.2) is 23.2 Å². The molecule has 0 spiro atoms. The van der Waals surface area contributed by atoms with Crippen molar-refractivity contribution in [2.24, 2.45) is 0 Å². The lowest BCUT2D eigenvalue weighted by Gasteiger charge is -2.17. The monoisotopic (exact) mass is 437 g/mol. The van der Waals surface area contributed by atoms with Gasteiger partial charge in [0.05, 0.1) is 28.9 Å². The molecule has 150 valence electrons. The van der Waals surface area contributed by atoms with Crippen molar-refractivity contribution in [3.63, 3.8) is 0 Å². The third kappa shape index (κ3) is 4.11. The van der Waals surface area contributed by atoms with Crippen LogP contribution in [0, 0.1) is 11.3 Å². The quantitative estimate of drug-likeness (QED) is 0.499. The molecule has 30 heavy (non-hydrogen) atoms. The Labute approximate surface area is 184 Å². The number of benzene rings is 1. The number of allylic oxidation sites excluding steroid dienone is 1. The van der Waals surface area contributed by atoms with Crippen LogP contribution >= 0.6 is 23.2 Å². The van der Waals surface area contributed by atoms with Crippen molar-refractivity contribution < 1.29 is 9.47 Å². The number of hydrogen-bond acceptors (Lipinski definition) is 5. The summed E-state index contributed by atoms with van der Waals surface area (Å²) < 4.78 is 11.6. The Kier molecular flexibility index (Phi) is 5.89. The number of pyridine rings is 2. The Morgan fingerprint density at radius 3 is 2.40 bits per heavy atom. The first-order chi connectivity index (χ1) is 14.6. The van der Waals surface area contributed by atoms with Gasteiger partial charge in [-0.15, -0.1) is 0 Å².